The molecule has 3 rings (SSSR count). The van der Waals surface area contributed by atoms with Crippen LogP contribution in [0, 0.1) is 5.82 Å². The highest BCUT2D eigenvalue weighted by Crippen LogP contribution is 2.25. The first kappa shape index (κ1) is 21.5. The Kier molecular flexibility index (Phi) is 6.77. The van der Waals surface area contributed by atoms with Gasteiger partial charge in [0.05, 0.1) is 22.2 Å². The standard InChI is InChI=1S/C20H23ClFN3O3S/c1-29(27,28)17-7-8-18(21)19(13-17)23-20(26)14-24-9-2-10-25(12-11-24)16-5-3-15(22)4-6-16/h3-8,13H,2,9-12,14H2,1H3,(H,23,26). The van der Waals surface area contributed by atoms with Gasteiger partial charge in [0.1, 0.15) is 5.82 Å². The number of nitrogens with one attached hydrogen (secondary N) is 1. The van der Waals surface area contributed by atoms with Crippen molar-refractivity contribution in [2.75, 3.05) is 49.2 Å². The molecule has 1 aliphatic rings. The summed E-state index contributed by atoms with van der Waals surface area (Å²) in [6.07, 6.45) is 1.97. The summed E-state index contributed by atoms with van der Waals surface area (Å²) in [7, 11) is -3.39. The van der Waals surface area contributed by atoms with Gasteiger partial charge >= 0.3 is 0 Å². The molecule has 0 spiro atoms. The Morgan fingerprint density at radius 3 is 2.52 bits per heavy atom. The fourth-order valence-corrected chi connectivity index (χ4v) is 4.07. The van der Waals surface area contributed by atoms with E-state index in [1.165, 1.54) is 30.3 Å². The molecule has 2 aromatic rings. The molecule has 1 fully saturated rings. The first-order chi connectivity index (χ1) is 13.7. The molecule has 0 aliphatic carbocycles. The average Bonchev–Trinajstić information content (AvgIpc) is 2.89. The van der Waals surface area contributed by atoms with Crippen LogP contribution in [0.2, 0.25) is 5.02 Å². The number of rotatable bonds is 5. The molecule has 0 unspecified atom stereocenters. The van der Waals surface area contributed by atoms with Crippen molar-refractivity contribution >= 4 is 38.7 Å². The molecule has 0 aromatic heterocycles. The molecule has 0 saturated carbocycles. The quantitative estimate of drug-likeness (QED) is 0.775. The van der Waals surface area contributed by atoms with Gasteiger partial charge in [0.25, 0.3) is 0 Å². The van der Waals surface area contributed by atoms with Gasteiger partial charge in [-0.2, -0.15) is 0 Å². The van der Waals surface area contributed by atoms with Crippen LogP contribution >= 0.6 is 11.6 Å². The van der Waals surface area contributed by atoms with Gasteiger partial charge in [0, 0.05) is 38.1 Å². The Morgan fingerprint density at radius 1 is 1.10 bits per heavy atom. The number of carbonyl (C=O) groups is 1. The summed E-state index contributed by atoms with van der Waals surface area (Å²) < 4.78 is 36.6. The smallest absolute Gasteiger partial charge is 0.238 e. The molecule has 1 saturated heterocycles. The number of nitrogens with zero attached hydrogens (tertiary/aromatic N) is 2. The average molecular weight is 440 g/mol. The van der Waals surface area contributed by atoms with E-state index in [1.807, 2.05) is 4.90 Å². The maximum Gasteiger partial charge on any atom is 0.238 e. The summed E-state index contributed by atoms with van der Waals surface area (Å²) in [4.78, 5) is 16.8. The minimum absolute atomic E-state index is 0.0990. The molecular weight excluding hydrogens is 417 g/mol. The third kappa shape index (κ3) is 5.91. The van der Waals surface area contributed by atoms with Gasteiger partial charge in [0.15, 0.2) is 9.84 Å². The van der Waals surface area contributed by atoms with E-state index in [2.05, 4.69) is 10.2 Å². The van der Waals surface area contributed by atoms with Gasteiger partial charge in [0.2, 0.25) is 5.91 Å². The normalized spacial score (nSPS) is 15.8. The van der Waals surface area contributed by atoms with E-state index in [0.717, 1.165) is 38.0 Å². The van der Waals surface area contributed by atoms with Crippen LogP contribution in [0.25, 0.3) is 0 Å². The second-order valence-electron chi connectivity index (χ2n) is 7.06. The predicted molar refractivity (Wildman–Crippen MR) is 113 cm³/mol. The van der Waals surface area contributed by atoms with Gasteiger partial charge in [-0.15, -0.1) is 0 Å². The van der Waals surface area contributed by atoms with Crippen LogP contribution < -0.4 is 10.2 Å². The SMILES string of the molecule is CS(=O)(=O)c1ccc(Cl)c(NC(=O)CN2CCCN(c3ccc(F)cc3)CC2)c1. The summed E-state index contributed by atoms with van der Waals surface area (Å²) >= 11 is 6.10. The fourth-order valence-electron chi connectivity index (χ4n) is 3.26. The van der Waals surface area contributed by atoms with E-state index >= 15 is 0 Å². The van der Waals surface area contributed by atoms with Crippen molar-refractivity contribution in [3.63, 3.8) is 0 Å². The molecule has 0 atom stereocenters. The molecule has 9 heteroatoms. The van der Waals surface area contributed by atoms with E-state index in [0.29, 0.717) is 6.54 Å². The topological polar surface area (TPSA) is 69.7 Å². The molecule has 1 heterocycles. The highest BCUT2D eigenvalue weighted by atomic mass is 35.5. The maximum atomic E-state index is 13.1. The molecule has 1 N–H and O–H groups in total. The summed E-state index contributed by atoms with van der Waals surface area (Å²) in [5, 5.41) is 2.99. The molecule has 29 heavy (non-hydrogen) atoms. The van der Waals surface area contributed by atoms with Crippen molar-refractivity contribution in [2.45, 2.75) is 11.3 Å². The highest BCUT2D eigenvalue weighted by Gasteiger charge is 2.18. The summed E-state index contributed by atoms with van der Waals surface area (Å²) in [5.74, 6) is -0.520. The number of sulfone groups is 1. The van der Waals surface area contributed by atoms with Crippen LogP contribution in [-0.2, 0) is 14.6 Å². The van der Waals surface area contributed by atoms with E-state index in [4.69, 9.17) is 11.6 Å². The first-order valence-electron chi connectivity index (χ1n) is 9.25. The zero-order valence-electron chi connectivity index (χ0n) is 16.1. The Labute approximate surface area is 175 Å². The molecule has 1 aliphatic heterocycles. The van der Waals surface area contributed by atoms with Crippen LogP contribution in [0.5, 0.6) is 0 Å². The van der Waals surface area contributed by atoms with Crippen LogP contribution in [0.1, 0.15) is 6.42 Å². The summed E-state index contributed by atoms with van der Waals surface area (Å²) in [6.45, 7) is 3.16. The lowest BCUT2D eigenvalue weighted by atomic mass is 10.2. The molecule has 6 nitrogen and oxygen atoms in total. The Bertz CT molecular complexity index is 983. The minimum Gasteiger partial charge on any atom is -0.370 e. The van der Waals surface area contributed by atoms with Crippen molar-refractivity contribution in [1.29, 1.82) is 0 Å². The van der Waals surface area contributed by atoms with Gasteiger partial charge in [-0.05, 0) is 48.9 Å². The van der Waals surface area contributed by atoms with E-state index in [-0.39, 0.29) is 33.9 Å². The Morgan fingerprint density at radius 2 is 1.83 bits per heavy atom. The number of carbonyl (C=O) groups excluding carboxylic acids is 1. The van der Waals surface area contributed by atoms with E-state index in [1.54, 1.807) is 12.1 Å². The van der Waals surface area contributed by atoms with Crippen molar-refractivity contribution in [3.05, 3.63) is 53.3 Å². The number of amides is 1. The first-order valence-corrected chi connectivity index (χ1v) is 11.5. The molecule has 1 amide bonds. The monoisotopic (exact) mass is 439 g/mol. The molecule has 0 bridgehead atoms. The van der Waals surface area contributed by atoms with Gasteiger partial charge < -0.3 is 10.2 Å². The molecule has 0 radical (unpaired) electrons. The predicted octanol–water partition coefficient (Wildman–Crippen LogP) is 3.03. The van der Waals surface area contributed by atoms with E-state index < -0.39 is 9.84 Å². The molecule has 156 valence electrons. The van der Waals surface area contributed by atoms with Crippen molar-refractivity contribution in [1.82, 2.24) is 4.90 Å². The van der Waals surface area contributed by atoms with Gasteiger partial charge in [-0.25, -0.2) is 12.8 Å². The van der Waals surface area contributed by atoms with Crippen molar-refractivity contribution in [3.8, 4) is 0 Å². The van der Waals surface area contributed by atoms with Gasteiger partial charge in [-0.1, -0.05) is 11.6 Å². The lowest BCUT2D eigenvalue weighted by Crippen LogP contribution is -2.36. The van der Waals surface area contributed by atoms with Gasteiger partial charge in [-0.3, -0.25) is 9.69 Å². The third-order valence-corrected chi connectivity index (χ3v) is 6.23. The summed E-state index contributed by atoms with van der Waals surface area (Å²) in [6, 6.07) is 10.6. The molecule has 2 aromatic carbocycles. The van der Waals surface area contributed by atoms with Crippen molar-refractivity contribution < 1.29 is 17.6 Å². The number of halogens is 2. The number of hydrogen-bond donors (Lipinski definition) is 1. The largest absolute Gasteiger partial charge is 0.370 e. The fraction of sp³-hybridized carbons (Fsp3) is 0.350. The second kappa shape index (κ2) is 9.11. The Balaban J connectivity index is 1.59. The third-order valence-electron chi connectivity index (χ3n) is 4.79. The summed E-state index contributed by atoms with van der Waals surface area (Å²) in [5.41, 5.74) is 1.24. The minimum atomic E-state index is -3.39. The van der Waals surface area contributed by atoms with Crippen LogP contribution in [-0.4, -0.2) is 58.2 Å². The zero-order chi connectivity index (χ0) is 21.0. The van der Waals surface area contributed by atoms with Crippen LogP contribution in [0.15, 0.2) is 47.4 Å². The number of anilines is 2. The number of hydrogen-bond acceptors (Lipinski definition) is 5. The van der Waals surface area contributed by atoms with Crippen LogP contribution in [0.4, 0.5) is 15.8 Å². The number of benzene rings is 2. The Hall–Kier alpha value is -2.16. The maximum absolute atomic E-state index is 13.1. The lowest BCUT2D eigenvalue weighted by molar-refractivity contribution is -0.117. The van der Waals surface area contributed by atoms with Crippen molar-refractivity contribution in [2.24, 2.45) is 0 Å². The lowest BCUT2D eigenvalue weighted by Gasteiger charge is -2.23. The van der Waals surface area contributed by atoms with E-state index in [9.17, 15) is 17.6 Å². The van der Waals surface area contributed by atoms with Crippen LogP contribution in [0.3, 0.4) is 0 Å². The molecular formula is C20H23ClFN3O3S. The second-order valence-corrected chi connectivity index (χ2v) is 9.48. The zero-order valence-corrected chi connectivity index (χ0v) is 17.6. The highest BCUT2D eigenvalue weighted by molar-refractivity contribution is 7.90.